The second-order valence-electron chi connectivity index (χ2n) is 2.01. The van der Waals surface area contributed by atoms with Gasteiger partial charge in [-0.3, -0.25) is 0 Å². The number of hydrogen-bond donors (Lipinski definition) is 4. The predicted octanol–water partition coefficient (Wildman–Crippen LogP) is -1.95. The summed E-state index contributed by atoms with van der Waals surface area (Å²) < 4.78 is 0. The molecule has 1 unspecified atom stereocenters. The lowest BCUT2D eigenvalue weighted by molar-refractivity contribution is 0.0758. The van der Waals surface area contributed by atoms with Gasteiger partial charge >= 0.3 is 0 Å². The van der Waals surface area contributed by atoms with Crippen molar-refractivity contribution in [3.63, 3.8) is 0 Å². The Hall–Kier alpha value is -0.160. The van der Waals surface area contributed by atoms with Gasteiger partial charge in [-0.1, -0.05) is 0 Å². The van der Waals surface area contributed by atoms with Crippen molar-refractivity contribution in [2.75, 3.05) is 13.2 Å². The van der Waals surface area contributed by atoms with Crippen molar-refractivity contribution < 1.29 is 15.3 Å². The lowest BCUT2D eigenvalue weighted by atomic mass is 10.1. The van der Waals surface area contributed by atoms with Crippen LogP contribution in [0.5, 0.6) is 0 Å². The molecule has 0 aliphatic carbocycles. The SMILES string of the molecule is NC(CO)C[C@H](O)CO. The Labute approximate surface area is 53.9 Å². The van der Waals surface area contributed by atoms with Crippen LogP contribution in [0.25, 0.3) is 0 Å². The third-order valence-electron chi connectivity index (χ3n) is 1.02. The van der Waals surface area contributed by atoms with E-state index in [1.807, 2.05) is 0 Å². The molecule has 0 fully saturated rings. The molecule has 0 saturated heterocycles. The summed E-state index contributed by atoms with van der Waals surface area (Å²) in [5.41, 5.74) is 5.23. The molecule has 0 aromatic rings. The van der Waals surface area contributed by atoms with Gasteiger partial charge in [0.15, 0.2) is 0 Å². The molecule has 56 valence electrons. The van der Waals surface area contributed by atoms with Crippen LogP contribution in [0.1, 0.15) is 6.42 Å². The summed E-state index contributed by atoms with van der Waals surface area (Å²) in [7, 11) is 0. The van der Waals surface area contributed by atoms with Crippen molar-refractivity contribution in [3.8, 4) is 0 Å². The van der Waals surface area contributed by atoms with Crippen LogP contribution in [0, 0.1) is 0 Å². The summed E-state index contributed by atoms with van der Waals surface area (Å²) in [6, 6.07) is -0.424. The maximum Gasteiger partial charge on any atom is 0.0786 e. The normalized spacial score (nSPS) is 17.3. The summed E-state index contributed by atoms with van der Waals surface area (Å²) in [4.78, 5) is 0. The van der Waals surface area contributed by atoms with Gasteiger partial charge in [0, 0.05) is 6.04 Å². The van der Waals surface area contributed by atoms with E-state index in [4.69, 9.17) is 21.1 Å². The van der Waals surface area contributed by atoms with E-state index >= 15 is 0 Å². The standard InChI is InChI=1S/C5H13NO3/c6-4(2-7)1-5(9)3-8/h4-5,7-9H,1-3,6H2/t4?,5-/m0/s1. The summed E-state index contributed by atoms with van der Waals surface area (Å²) in [5.74, 6) is 0. The van der Waals surface area contributed by atoms with Crippen LogP contribution in [-0.2, 0) is 0 Å². The number of aliphatic hydroxyl groups excluding tert-OH is 3. The Balaban J connectivity index is 3.22. The molecule has 0 saturated carbocycles. The Morgan fingerprint density at radius 3 is 2.11 bits per heavy atom. The highest BCUT2D eigenvalue weighted by molar-refractivity contribution is 4.64. The maximum atomic E-state index is 8.72. The van der Waals surface area contributed by atoms with Crippen LogP contribution in [0.15, 0.2) is 0 Å². The van der Waals surface area contributed by atoms with E-state index in [9.17, 15) is 0 Å². The first-order valence-corrected chi connectivity index (χ1v) is 2.86. The van der Waals surface area contributed by atoms with Gasteiger partial charge in [-0.25, -0.2) is 0 Å². The fraction of sp³-hybridized carbons (Fsp3) is 1.00. The molecule has 0 spiro atoms. The maximum absolute atomic E-state index is 8.72. The van der Waals surface area contributed by atoms with Gasteiger partial charge in [-0.2, -0.15) is 0 Å². The molecule has 2 atom stereocenters. The van der Waals surface area contributed by atoms with Gasteiger partial charge in [0.25, 0.3) is 0 Å². The highest BCUT2D eigenvalue weighted by atomic mass is 16.3. The molecule has 0 radical (unpaired) electrons. The number of hydrogen-bond acceptors (Lipinski definition) is 4. The molecule has 0 aromatic heterocycles. The smallest absolute Gasteiger partial charge is 0.0786 e. The molecule has 9 heavy (non-hydrogen) atoms. The number of aliphatic hydroxyl groups is 3. The van der Waals surface area contributed by atoms with Gasteiger partial charge in [-0.15, -0.1) is 0 Å². The summed E-state index contributed by atoms with van der Waals surface area (Å²) >= 11 is 0. The van der Waals surface area contributed by atoms with Crippen molar-refractivity contribution in [2.45, 2.75) is 18.6 Å². The highest BCUT2D eigenvalue weighted by Crippen LogP contribution is 1.92. The lowest BCUT2D eigenvalue weighted by Crippen LogP contribution is -2.30. The largest absolute Gasteiger partial charge is 0.395 e. The fourth-order valence-electron chi connectivity index (χ4n) is 0.499. The quantitative estimate of drug-likeness (QED) is 0.361. The van der Waals surface area contributed by atoms with Gasteiger partial charge in [-0.05, 0) is 6.42 Å². The van der Waals surface area contributed by atoms with Gasteiger partial charge in [0.1, 0.15) is 0 Å². The molecule has 4 heteroatoms. The zero-order valence-corrected chi connectivity index (χ0v) is 5.20. The molecule has 0 aromatic carbocycles. The number of nitrogens with two attached hydrogens (primary N) is 1. The molecule has 0 rings (SSSR count). The summed E-state index contributed by atoms with van der Waals surface area (Å²) in [5, 5.41) is 25.4. The zero-order chi connectivity index (χ0) is 7.28. The van der Waals surface area contributed by atoms with Crippen LogP contribution in [0.4, 0.5) is 0 Å². The van der Waals surface area contributed by atoms with Gasteiger partial charge in [0.2, 0.25) is 0 Å². The first kappa shape index (κ1) is 8.84. The summed E-state index contributed by atoms with van der Waals surface area (Å²) in [6.07, 6.45) is -0.556. The van der Waals surface area contributed by atoms with Gasteiger partial charge in [0.05, 0.1) is 19.3 Å². The van der Waals surface area contributed by atoms with E-state index in [1.165, 1.54) is 0 Å². The van der Waals surface area contributed by atoms with E-state index in [1.54, 1.807) is 0 Å². The first-order chi connectivity index (χ1) is 4.20. The third kappa shape index (κ3) is 4.35. The Kier molecular flexibility index (Phi) is 4.61. The summed E-state index contributed by atoms with van der Waals surface area (Å²) in [6.45, 7) is -0.454. The van der Waals surface area contributed by atoms with Crippen LogP contribution >= 0.6 is 0 Å². The molecule has 0 heterocycles. The fourth-order valence-corrected chi connectivity index (χ4v) is 0.499. The predicted molar refractivity (Wildman–Crippen MR) is 32.8 cm³/mol. The van der Waals surface area contributed by atoms with Crippen molar-refractivity contribution >= 4 is 0 Å². The van der Waals surface area contributed by atoms with E-state index < -0.39 is 12.1 Å². The topological polar surface area (TPSA) is 86.7 Å². The number of rotatable bonds is 4. The van der Waals surface area contributed by atoms with Crippen molar-refractivity contribution in [1.29, 1.82) is 0 Å². The molecule has 5 N–H and O–H groups in total. The van der Waals surface area contributed by atoms with E-state index in [0.717, 1.165) is 0 Å². The second kappa shape index (κ2) is 4.69. The Bertz CT molecular complexity index is 61.2. The molecular formula is C5H13NO3. The van der Waals surface area contributed by atoms with Crippen molar-refractivity contribution in [2.24, 2.45) is 5.73 Å². The van der Waals surface area contributed by atoms with Crippen molar-refractivity contribution in [1.82, 2.24) is 0 Å². The Morgan fingerprint density at radius 1 is 1.22 bits per heavy atom. The Morgan fingerprint density at radius 2 is 1.78 bits per heavy atom. The van der Waals surface area contributed by atoms with Crippen LogP contribution in [0.3, 0.4) is 0 Å². The first-order valence-electron chi connectivity index (χ1n) is 2.86. The average molecular weight is 135 g/mol. The highest BCUT2D eigenvalue weighted by Gasteiger charge is 2.07. The van der Waals surface area contributed by atoms with Gasteiger partial charge < -0.3 is 21.1 Å². The van der Waals surface area contributed by atoms with Crippen molar-refractivity contribution in [3.05, 3.63) is 0 Å². The van der Waals surface area contributed by atoms with Crippen LogP contribution < -0.4 is 5.73 Å². The minimum absolute atomic E-state index is 0.156. The van der Waals surface area contributed by atoms with E-state index in [0.29, 0.717) is 0 Å². The molecule has 0 aliphatic heterocycles. The molecule has 0 bridgehead atoms. The average Bonchev–Trinajstić information content (AvgIpc) is 1.87. The molecule has 4 nitrogen and oxygen atoms in total. The second-order valence-corrected chi connectivity index (χ2v) is 2.01. The molecular weight excluding hydrogens is 122 g/mol. The zero-order valence-electron chi connectivity index (χ0n) is 5.20. The minimum atomic E-state index is -0.799. The minimum Gasteiger partial charge on any atom is -0.395 e. The monoisotopic (exact) mass is 135 g/mol. The lowest BCUT2D eigenvalue weighted by Gasteiger charge is -2.10. The van der Waals surface area contributed by atoms with Crippen LogP contribution in [0.2, 0.25) is 0 Å². The van der Waals surface area contributed by atoms with E-state index in [-0.39, 0.29) is 19.6 Å². The van der Waals surface area contributed by atoms with Crippen LogP contribution in [-0.4, -0.2) is 40.7 Å². The molecule has 0 amide bonds. The third-order valence-corrected chi connectivity index (χ3v) is 1.02. The van der Waals surface area contributed by atoms with E-state index in [2.05, 4.69) is 0 Å². The molecule has 0 aliphatic rings.